The molecule has 0 saturated carbocycles. The molecule has 0 aliphatic rings. The predicted octanol–water partition coefficient (Wildman–Crippen LogP) is 9.73. The van der Waals surface area contributed by atoms with E-state index in [9.17, 15) is 0 Å². The molecule has 0 fully saturated rings. The Bertz CT molecular complexity index is 2130. The SMILES string of the molecule is c1ccc(-c2nc(-c3ccccc3)nc(-c3cc(-c4ccc(-c5ccncc5)cc4)cc(-c4ccc(-c5cnccn5)cc4)c3)n2)cc1. The normalized spacial score (nSPS) is 10.9. The zero-order valence-corrected chi connectivity index (χ0v) is 25.8. The van der Waals surface area contributed by atoms with Crippen LogP contribution in [0.3, 0.4) is 0 Å². The van der Waals surface area contributed by atoms with Gasteiger partial charge in [-0.15, -0.1) is 0 Å². The van der Waals surface area contributed by atoms with Gasteiger partial charge in [-0.3, -0.25) is 15.0 Å². The second-order valence-electron chi connectivity index (χ2n) is 11.3. The molecule has 0 saturated heterocycles. The van der Waals surface area contributed by atoms with Gasteiger partial charge in [-0.25, -0.2) is 15.0 Å². The highest BCUT2D eigenvalue weighted by Crippen LogP contribution is 2.35. The van der Waals surface area contributed by atoms with Crippen LogP contribution in [0.25, 0.3) is 78.8 Å². The molecule has 0 spiro atoms. The fourth-order valence-electron chi connectivity index (χ4n) is 5.71. The Balaban J connectivity index is 1.28. The lowest BCUT2D eigenvalue weighted by molar-refractivity contribution is 1.07. The maximum atomic E-state index is 5.03. The summed E-state index contributed by atoms with van der Waals surface area (Å²) in [5, 5.41) is 0. The molecular formula is C42H28N6. The Hall–Kier alpha value is -6.66. The van der Waals surface area contributed by atoms with Crippen molar-refractivity contribution >= 4 is 0 Å². The van der Waals surface area contributed by atoms with Crippen LogP contribution < -0.4 is 0 Å². The Labute approximate surface area is 278 Å². The van der Waals surface area contributed by atoms with Crippen molar-refractivity contribution in [2.45, 2.75) is 0 Å². The van der Waals surface area contributed by atoms with E-state index in [1.807, 2.05) is 85.2 Å². The van der Waals surface area contributed by atoms with Crippen LogP contribution in [0.4, 0.5) is 0 Å². The van der Waals surface area contributed by atoms with Crippen molar-refractivity contribution < 1.29 is 0 Å². The highest BCUT2D eigenvalue weighted by Gasteiger charge is 2.15. The largest absolute Gasteiger partial charge is 0.265 e. The van der Waals surface area contributed by atoms with E-state index in [1.165, 1.54) is 0 Å². The first-order valence-corrected chi connectivity index (χ1v) is 15.7. The lowest BCUT2D eigenvalue weighted by Crippen LogP contribution is -2.00. The van der Waals surface area contributed by atoms with Gasteiger partial charge in [-0.05, 0) is 63.7 Å². The minimum absolute atomic E-state index is 0.607. The zero-order chi connectivity index (χ0) is 32.1. The Morgan fingerprint density at radius 3 is 1.23 bits per heavy atom. The quantitative estimate of drug-likeness (QED) is 0.177. The third-order valence-corrected chi connectivity index (χ3v) is 8.20. The summed E-state index contributed by atoms with van der Waals surface area (Å²) in [5.74, 6) is 1.86. The van der Waals surface area contributed by atoms with Gasteiger partial charge in [0, 0.05) is 47.0 Å². The first kappa shape index (κ1) is 28.8. The van der Waals surface area contributed by atoms with Gasteiger partial charge in [0.05, 0.1) is 11.9 Å². The molecular weight excluding hydrogens is 589 g/mol. The van der Waals surface area contributed by atoms with Crippen molar-refractivity contribution in [3.05, 3.63) is 171 Å². The van der Waals surface area contributed by atoms with Crippen LogP contribution in [0, 0.1) is 0 Å². The molecule has 48 heavy (non-hydrogen) atoms. The minimum atomic E-state index is 0.607. The number of nitrogens with zero attached hydrogens (tertiary/aromatic N) is 6. The number of benzene rings is 5. The van der Waals surface area contributed by atoms with Crippen molar-refractivity contribution in [1.82, 2.24) is 29.9 Å². The van der Waals surface area contributed by atoms with Gasteiger partial charge < -0.3 is 0 Å². The maximum Gasteiger partial charge on any atom is 0.164 e. The summed E-state index contributed by atoms with van der Waals surface area (Å²) in [5.41, 5.74) is 11.1. The third-order valence-electron chi connectivity index (χ3n) is 8.20. The van der Waals surface area contributed by atoms with Gasteiger partial charge in [0.2, 0.25) is 0 Å². The summed E-state index contributed by atoms with van der Waals surface area (Å²) in [6.07, 6.45) is 8.80. The molecule has 6 heteroatoms. The van der Waals surface area contributed by atoms with Crippen molar-refractivity contribution in [3.63, 3.8) is 0 Å². The fourth-order valence-corrected chi connectivity index (χ4v) is 5.71. The molecule has 8 aromatic rings. The zero-order valence-electron chi connectivity index (χ0n) is 25.8. The topological polar surface area (TPSA) is 77.3 Å². The standard InChI is InChI=1S/C42H28N6/c1-3-7-34(8-4-1)40-46-41(35-9-5-2-6-10-35)48-42(47-40)38-26-36(30-13-11-29(12-14-30)32-19-21-43-22-20-32)25-37(27-38)31-15-17-33(18-16-31)39-28-44-23-24-45-39/h1-28H. The monoisotopic (exact) mass is 616 g/mol. The van der Waals surface area contributed by atoms with Gasteiger partial charge >= 0.3 is 0 Å². The van der Waals surface area contributed by atoms with E-state index >= 15 is 0 Å². The summed E-state index contributed by atoms with van der Waals surface area (Å²) in [6.45, 7) is 0. The summed E-state index contributed by atoms with van der Waals surface area (Å²) >= 11 is 0. The smallest absolute Gasteiger partial charge is 0.164 e. The van der Waals surface area contributed by atoms with Crippen LogP contribution in [0.15, 0.2) is 171 Å². The molecule has 6 nitrogen and oxygen atoms in total. The number of rotatable bonds is 7. The average molecular weight is 617 g/mol. The Morgan fingerprint density at radius 2 is 0.729 bits per heavy atom. The van der Waals surface area contributed by atoms with E-state index in [4.69, 9.17) is 15.0 Å². The van der Waals surface area contributed by atoms with E-state index in [0.717, 1.165) is 61.3 Å². The van der Waals surface area contributed by atoms with E-state index in [1.54, 1.807) is 18.6 Å². The fraction of sp³-hybridized carbons (Fsp3) is 0. The van der Waals surface area contributed by atoms with Gasteiger partial charge in [-0.1, -0.05) is 109 Å². The van der Waals surface area contributed by atoms with Crippen molar-refractivity contribution in [3.8, 4) is 78.8 Å². The van der Waals surface area contributed by atoms with Gasteiger partial charge in [-0.2, -0.15) is 0 Å². The highest BCUT2D eigenvalue weighted by molar-refractivity contribution is 5.82. The van der Waals surface area contributed by atoms with Crippen LogP contribution in [0.2, 0.25) is 0 Å². The van der Waals surface area contributed by atoms with E-state index in [2.05, 4.69) is 81.7 Å². The molecule has 3 aromatic heterocycles. The molecule has 0 bridgehead atoms. The number of hydrogen-bond acceptors (Lipinski definition) is 6. The minimum Gasteiger partial charge on any atom is -0.265 e. The average Bonchev–Trinajstić information content (AvgIpc) is 3.19. The molecule has 8 rings (SSSR count). The predicted molar refractivity (Wildman–Crippen MR) is 191 cm³/mol. The number of hydrogen-bond donors (Lipinski definition) is 0. The first-order chi connectivity index (χ1) is 23.8. The van der Waals surface area contributed by atoms with Crippen LogP contribution in [0.5, 0.6) is 0 Å². The van der Waals surface area contributed by atoms with Gasteiger partial charge in [0.1, 0.15) is 0 Å². The van der Waals surface area contributed by atoms with Gasteiger partial charge in [0.15, 0.2) is 17.5 Å². The van der Waals surface area contributed by atoms with Crippen LogP contribution in [-0.4, -0.2) is 29.9 Å². The highest BCUT2D eigenvalue weighted by atomic mass is 15.0. The van der Waals surface area contributed by atoms with Crippen molar-refractivity contribution in [1.29, 1.82) is 0 Å². The summed E-state index contributed by atoms with van der Waals surface area (Å²) in [4.78, 5) is 27.8. The Morgan fingerprint density at radius 1 is 0.292 bits per heavy atom. The second kappa shape index (κ2) is 13.0. The first-order valence-electron chi connectivity index (χ1n) is 15.7. The summed E-state index contributed by atoms with van der Waals surface area (Å²) in [7, 11) is 0. The van der Waals surface area contributed by atoms with Crippen LogP contribution in [0.1, 0.15) is 0 Å². The maximum absolute atomic E-state index is 5.03. The molecule has 5 aromatic carbocycles. The molecule has 0 atom stereocenters. The summed E-state index contributed by atoms with van der Waals surface area (Å²) in [6, 6.07) is 47.7. The van der Waals surface area contributed by atoms with E-state index in [0.29, 0.717) is 17.5 Å². The second-order valence-corrected chi connectivity index (χ2v) is 11.3. The Kier molecular flexibility index (Phi) is 7.79. The van der Waals surface area contributed by atoms with Crippen molar-refractivity contribution in [2.75, 3.05) is 0 Å². The lowest BCUT2D eigenvalue weighted by Gasteiger charge is -2.13. The number of aromatic nitrogens is 6. The third kappa shape index (κ3) is 6.10. The van der Waals surface area contributed by atoms with Crippen LogP contribution in [-0.2, 0) is 0 Å². The van der Waals surface area contributed by atoms with Crippen molar-refractivity contribution in [2.24, 2.45) is 0 Å². The van der Waals surface area contributed by atoms with Gasteiger partial charge in [0.25, 0.3) is 0 Å². The molecule has 226 valence electrons. The van der Waals surface area contributed by atoms with E-state index in [-0.39, 0.29) is 0 Å². The molecule has 0 radical (unpaired) electrons. The summed E-state index contributed by atoms with van der Waals surface area (Å²) < 4.78 is 0. The van der Waals surface area contributed by atoms with Crippen LogP contribution >= 0.6 is 0 Å². The molecule has 0 aliphatic carbocycles. The molecule has 0 unspecified atom stereocenters. The molecule has 0 amide bonds. The number of pyridine rings is 1. The van der Waals surface area contributed by atoms with E-state index < -0.39 is 0 Å². The molecule has 3 heterocycles. The molecule has 0 N–H and O–H groups in total. The molecule has 0 aliphatic heterocycles. The lowest BCUT2D eigenvalue weighted by atomic mass is 9.94.